The first-order valence-corrected chi connectivity index (χ1v) is 19.5. The number of rotatable bonds is 5. The zero-order valence-corrected chi connectivity index (χ0v) is 31.2. The summed E-state index contributed by atoms with van der Waals surface area (Å²) in [6, 6.07) is 66.1. The van der Waals surface area contributed by atoms with Gasteiger partial charge >= 0.3 is 0 Å². The van der Waals surface area contributed by atoms with Crippen LogP contribution in [0.4, 0.5) is 17.1 Å². The highest BCUT2D eigenvalue weighted by Gasteiger charge is 2.19. The van der Waals surface area contributed by atoms with Crippen LogP contribution in [0.5, 0.6) is 0 Å². The van der Waals surface area contributed by atoms with Crippen molar-refractivity contribution >= 4 is 93.3 Å². The lowest BCUT2D eigenvalue weighted by Gasteiger charge is -2.25. The maximum atomic E-state index is 6.19. The maximum absolute atomic E-state index is 6.19. The molecular weight excluding hydrogens is 709 g/mol. The van der Waals surface area contributed by atoms with E-state index in [0.29, 0.717) is 0 Å². The van der Waals surface area contributed by atoms with Crippen molar-refractivity contribution in [1.29, 1.82) is 0 Å². The second-order valence-corrected chi connectivity index (χ2v) is 14.8. The summed E-state index contributed by atoms with van der Waals surface area (Å²) < 4.78 is 6.19. The Morgan fingerprint density at radius 3 is 2.02 bits per heavy atom. The van der Waals surface area contributed by atoms with E-state index in [2.05, 4.69) is 175 Å². The van der Waals surface area contributed by atoms with Crippen molar-refractivity contribution in [2.24, 2.45) is 0 Å². The zero-order chi connectivity index (χ0) is 38.2. The number of hydrogen-bond donors (Lipinski definition) is 0. The van der Waals surface area contributed by atoms with Crippen LogP contribution < -0.4 is 4.90 Å². The lowest BCUT2D eigenvalue weighted by atomic mass is 9.91. The lowest BCUT2D eigenvalue weighted by Crippen LogP contribution is -2.09. The van der Waals surface area contributed by atoms with E-state index in [1.807, 2.05) is 24.4 Å². The largest absolute Gasteiger partial charge is 0.456 e. The van der Waals surface area contributed by atoms with E-state index in [1.54, 1.807) is 0 Å². The molecule has 0 fully saturated rings. The van der Waals surface area contributed by atoms with Gasteiger partial charge in [-0.1, -0.05) is 121 Å². The minimum atomic E-state index is 0.875. The number of hydrogen-bond acceptors (Lipinski definition) is 5. The fraction of sp³-hybridized carbons (Fsp3) is 0. The molecule has 0 bridgehead atoms. The van der Waals surface area contributed by atoms with E-state index in [9.17, 15) is 0 Å². The number of fused-ring (bicyclic) bond motifs is 11. The molecule has 58 heavy (non-hydrogen) atoms. The molecule has 0 spiro atoms. The first kappa shape index (κ1) is 32.4. The summed E-state index contributed by atoms with van der Waals surface area (Å²) in [7, 11) is 0. The second-order valence-electron chi connectivity index (χ2n) is 14.8. The molecule has 5 nitrogen and oxygen atoms in total. The first-order valence-electron chi connectivity index (χ1n) is 19.5. The summed E-state index contributed by atoms with van der Waals surface area (Å²) in [6.07, 6.45) is 1.84. The number of nitrogens with zero attached hydrogens (tertiary/aromatic N) is 4. The summed E-state index contributed by atoms with van der Waals surface area (Å²) in [5.41, 5.74) is 11.7. The topological polar surface area (TPSA) is 55.1 Å². The van der Waals surface area contributed by atoms with Crippen LogP contribution in [-0.2, 0) is 0 Å². The van der Waals surface area contributed by atoms with Gasteiger partial charge in [0.1, 0.15) is 11.2 Å². The van der Waals surface area contributed by atoms with E-state index in [-0.39, 0.29) is 0 Å². The van der Waals surface area contributed by atoms with Crippen molar-refractivity contribution in [3.8, 4) is 22.5 Å². The summed E-state index contributed by atoms with van der Waals surface area (Å²) in [5.74, 6) is 0. The fourth-order valence-corrected chi connectivity index (χ4v) is 8.77. The van der Waals surface area contributed by atoms with Gasteiger partial charge in [-0.2, -0.15) is 0 Å². The van der Waals surface area contributed by atoms with Crippen LogP contribution in [0, 0.1) is 0 Å². The molecule has 270 valence electrons. The smallest absolute Gasteiger partial charge is 0.135 e. The van der Waals surface area contributed by atoms with Gasteiger partial charge in [0.25, 0.3) is 0 Å². The molecule has 8 aromatic carbocycles. The molecule has 12 rings (SSSR count). The molecule has 5 heteroatoms. The Bertz CT molecular complexity index is 3580. The number of aromatic nitrogens is 3. The number of para-hydroxylation sites is 3. The lowest BCUT2D eigenvalue weighted by molar-refractivity contribution is 0.669. The van der Waals surface area contributed by atoms with Crippen molar-refractivity contribution in [1.82, 2.24) is 15.0 Å². The fourth-order valence-electron chi connectivity index (χ4n) is 8.77. The van der Waals surface area contributed by atoms with Crippen LogP contribution in [0.2, 0.25) is 0 Å². The van der Waals surface area contributed by atoms with E-state index in [0.717, 1.165) is 110 Å². The van der Waals surface area contributed by atoms with Gasteiger partial charge in [-0.25, -0.2) is 9.97 Å². The molecular formula is C53H32N4O. The van der Waals surface area contributed by atoms with Gasteiger partial charge in [-0.3, -0.25) is 4.98 Å². The summed E-state index contributed by atoms with van der Waals surface area (Å²) in [4.78, 5) is 17.7. The summed E-state index contributed by atoms with van der Waals surface area (Å²) in [6.45, 7) is 0. The van der Waals surface area contributed by atoms with Crippen LogP contribution in [-0.4, -0.2) is 15.0 Å². The van der Waals surface area contributed by atoms with Crippen molar-refractivity contribution < 1.29 is 4.42 Å². The van der Waals surface area contributed by atoms with Crippen LogP contribution in [0.25, 0.3) is 98.7 Å². The Balaban J connectivity index is 1.04. The molecule has 0 saturated carbocycles. The van der Waals surface area contributed by atoms with Gasteiger partial charge in [-0.05, 0) is 77.5 Å². The maximum Gasteiger partial charge on any atom is 0.135 e. The molecule has 0 aliphatic heterocycles. The molecule has 4 aromatic heterocycles. The number of benzene rings is 8. The van der Waals surface area contributed by atoms with E-state index >= 15 is 0 Å². The summed E-state index contributed by atoms with van der Waals surface area (Å²) >= 11 is 0. The Morgan fingerprint density at radius 2 is 1.12 bits per heavy atom. The van der Waals surface area contributed by atoms with Crippen molar-refractivity contribution in [3.05, 3.63) is 194 Å². The Hall–Kier alpha value is -7.89. The average Bonchev–Trinajstić information content (AvgIpc) is 3.67. The molecule has 0 saturated heterocycles. The molecule has 0 N–H and O–H groups in total. The van der Waals surface area contributed by atoms with Crippen molar-refractivity contribution in [3.63, 3.8) is 0 Å². The molecule has 0 aliphatic rings. The molecule has 12 aromatic rings. The van der Waals surface area contributed by atoms with Gasteiger partial charge in [0, 0.05) is 72.1 Å². The van der Waals surface area contributed by atoms with Crippen LogP contribution in [0.15, 0.2) is 199 Å². The molecule has 0 atom stereocenters. The normalized spacial score (nSPS) is 11.8. The van der Waals surface area contributed by atoms with Gasteiger partial charge < -0.3 is 9.32 Å². The van der Waals surface area contributed by atoms with Crippen molar-refractivity contribution in [2.45, 2.75) is 0 Å². The average molecular weight is 741 g/mol. The third-order valence-corrected chi connectivity index (χ3v) is 11.4. The highest BCUT2D eigenvalue weighted by molar-refractivity contribution is 6.25. The molecule has 4 heterocycles. The molecule has 0 amide bonds. The third-order valence-electron chi connectivity index (χ3n) is 11.4. The molecule has 0 radical (unpaired) electrons. The first-order chi connectivity index (χ1) is 28.7. The predicted octanol–water partition coefficient (Wildman–Crippen LogP) is 14.3. The van der Waals surface area contributed by atoms with Gasteiger partial charge in [0.15, 0.2) is 0 Å². The standard InChI is InChI=1S/C53H32N4O/c1-2-12-37(13-3-1)57(39-27-30-48-44(32-39)40-14-5-7-18-47(40)58-48)38-25-21-35(22-26-38)51-43-28-23-33-10-8-16-41(49(33)50(43)42-15-4-6-17-45(42)55-51)46-29-24-36-20-19-34-11-9-31-54-52(34)53(36)56-46/h1-32H. The minimum Gasteiger partial charge on any atom is -0.456 e. The second kappa shape index (κ2) is 12.8. The SMILES string of the molecule is c1ccc(N(c2ccc(-c3nc4ccccc4c4c3ccc3cccc(-c5ccc6ccc7cccnc7c6n5)c34)cc2)c2ccc3oc4ccccc4c3c2)cc1. The summed E-state index contributed by atoms with van der Waals surface area (Å²) in [5, 5.41) is 10.0. The minimum absolute atomic E-state index is 0.875. The quantitative estimate of drug-likeness (QED) is 0.164. The zero-order valence-electron chi connectivity index (χ0n) is 31.2. The highest BCUT2D eigenvalue weighted by Crippen LogP contribution is 2.43. The van der Waals surface area contributed by atoms with Crippen LogP contribution in [0.3, 0.4) is 0 Å². The Kier molecular flexibility index (Phi) is 7.16. The molecule has 0 unspecified atom stereocenters. The van der Waals surface area contributed by atoms with Crippen LogP contribution in [0.1, 0.15) is 0 Å². The number of pyridine rings is 3. The van der Waals surface area contributed by atoms with Gasteiger partial charge in [0.05, 0.1) is 27.9 Å². The highest BCUT2D eigenvalue weighted by atomic mass is 16.3. The predicted molar refractivity (Wildman–Crippen MR) is 240 cm³/mol. The van der Waals surface area contributed by atoms with Gasteiger partial charge in [0.2, 0.25) is 0 Å². The number of anilines is 3. The van der Waals surface area contributed by atoms with Crippen molar-refractivity contribution in [2.75, 3.05) is 4.90 Å². The van der Waals surface area contributed by atoms with Gasteiger partial charge in [-0.15, -0.1) is 0 Å². The monoisotopic (exact) mass is 740 g/mol. The Labute approximate surface area is 333 Å². The molecule has 0 aliphatic carbocycles. The third kappa shape index (κ3) is 5.07. The van der Waals surface area contributed by atoms with Crippen LogP contribution >= 0.6 is 0 Å². The Morgan fingerprint density at radius 1 is 0.414 bits per heavy atom. The van der Waals surface area contributed by atoms with E-state index in [4.69, 9.17) is 19.4 Å². The van der Waals surface area contributed by atoms with E-state index in [1.165, 1.54) is 5.39 Å². The number of furan rings is 1. The van der Waals surface area contributed by atoms with E-state index < -0.39 is 0 Å².